The first-order valence-corrected chi connectivity index (χ1v) is 8.07. The predicted octanol–water partition coefficient (Wildman–Crippen LogP) is 4.06. The molecule has 2 aromatic rings. The van der Waals surface area contributed by atoms with Gasteiger partial charge in [0.25, 0.3) is 0 Å². The van der Waals surface area contributed by atoms with Crippen LogP contribution in [0.3, 0.4) is 0 Å². The molecular formula is C17H21P. The highest BCUT2D eigenvalue weighted by molar-refractivity contribution is 7.73. The highest BCUT2D eigenvalue weighted by Crippen LogP contribution is 2.35. The lowest BCUT2D eigenvalue weighted by Crippen LogP contribution is -2.17. The maximum absolute atomic E-state index is 2.33. The fraction of sp³-hybridized carbons (Fsp3) is 0.294. The minimum absolute atomic E-state index is 0.198. The molecule has 0 N–H and O–H groups in total. The molecule has 18 heavy (non-hydrogen) atoms. The molecule has 94 valence electrons. The molecule has 0 aliphatic rings. The van der Waals surface area contributed by atoms with Crippen molar-refractivity contribution in [2.24, 2.45) is 0 Å². The lowest BCUT2D eigenvalue weighted by Gasteiger charge is -2.21. The lowest BCUT2D eigenvalue weighted by atomic mass is 10.1. The molecule has 0 fully saturated rings. The standard InChI is InChI=1S/C17H21P/c1-5-18(16-9-7-6-8-10-16)17-12-11-13(2)14(3)15(17)4/h6-12H,5H2,1-4H3. The van der Waals surface area contributed by atoms with Crippen molar-refractivity contribution in [2.45, 2.75) is 27.7 Å². The summed E-state index contributed by atoms with van der Waals surface area (Å²) in [5, 5.41) is 3.03. The van der Waals surface area contributed by atoms with Crippen molar-refractivity contribution in [1.82, 2.24) is 0 Å². The van der Waals surface area contributed by atoms with Crippen LogP contribution >= 0.6 is 7.92 Å². The van der Waals surface area contributed by atoms with Crippen LogP contribution in [0.4, 0.5) is 0 Å². The lowest BCUT2D eigenvalue weighted by molar-refractivity contribution is 1.28. The minimum atomic E-state index is -0.198. The van der Waals surface area contributed by atoms with E-state index in [1.165, 1.54) is 28.2 Å². The molecule has 0 spiro atoms. The first kappa shape index (κ1) is 13.3. The van der Waals surface area contributed by atoms with Gasteiger partial charge in [-0.2, -0.15) is 0 Å². The van der Waals surface area contributed by atoms with E-state index in [0.29, 0.717) is 0 Å². The fourth-order valence-electron chi connectivity index (χ4n) is 2.33. The van der Waals surface area contributed by atoms with E-state index in [2.05, 4.69) is 70.2 Å². The zero-order valence-electron chi connectivity index (χ0n) is 11.7. The third-order valence-electron chi connectivity index (χ3n) is 3.70. The maximum Gasteiger partial charge on any atom is -0.0163 e. The topological polar surface area (TPSA) is 0 Å². The Kier molecular flexibility index (Phi) is 4.19. The van der Waals surface area contributed by atoms with Crippen molar-refractivity contribution in [2.75, 3.05) is 6.16 Å². The van der Waals surface area contributed by atoms with Gasteiger partial charge in [0, 0.05) is 0 Å². The first-order valence-electron chi connectivity index (χ1n) is 6.54. The van der Waals surface area contributed by atoms with Gasteiger partial charge in [-0.3, -0.25) is 0 Å². The van der Waals surface area contributed by atoms with Gasteiger partial charge < -0.3 is 0 Å². The number of rotatable bonds is 3. The van der Waals surface area contributed by atoms with Crippen LogP contribution in [0.1, 0.15) is 23.6 Å². The monoisotopic (exact) mass is 256 g/mol. The van der Waals surface area contributed by atoms with Gasteiger partial charge in [0.1, 0.15) is 0 Å². The van der Waals surface area contributed by atoms with Crippen molar-refractivity contribution in [3.63, 3.8) is 0 Å². The van der Waals surface area contributed by atoms with Crippen LogP contribution in [0.5, 0.6) is 0 Å². The van der Waals surface area contributed by atoms with Crippen LogP contribution in [-0.2, 0) is 0 Å². The zero-order chi connectivity index (χ0) is 13.1. The van der Waals surface area contributed by atoms with Gasteiger partial charge >= 0.3 is 0 Å². The summed E-state index contributed by atoms with van der Waals surface area (Å²) >= 11 is 0. The summed E-state index contributed by atoms with van der Waals surface area (Å²) in [5.41, 5.74) is 4.33. The molecule has 0 bridgehead atoms. The first-order chi connectivity index (χ1) is 8.65. The summed E-state index contributed by atoms with van der Waals surface area (Å²) in [6.45, 7) is 9.00. The Morgan fingerprint density at radius 1 is 0.833 bits per heavy atom. The van der Waals surface area contributed by atoms with Gasteiger partial charge in [-0.15, -0.1) is 0 Å². The van der Waals surface area contributed by atoms with E-state index in [-0.39, 0.29) is 7.92 Å². The normalized spacial score (nSPS) is 12.4. The third kappa shape index (κ3) is 2.49. The number of hydrogen-bond donors (Lipinski definition) is 0. The SMILES string of the molecule is CCP(c1ccccc1)c1ccc(C)c(C)c1C. The number of benzene rings is 2. The molecule has 0 aliphatic heterocycles. The Morgan fingerprint density at radius 3 is 2.11 bits per heavy atom. The molecule has 1 heteroatoms. The second-order valence-electron chi connectivity index (χ2n) is 4.73. The van der Waals surface area contributed by atoms with Crippen molar-refractivity contribution < 1.29 is 0 Å². The molecule has 0 heterocycles. The average Bonchev–Trinajstić information content (AvgIpc) is 2.41. The second kappa shape index (κ2) is 5.67. The minimum Gasteiger partial charge on any atom is -0.0622 e. The molecule has 0 nitrogen and oxygen atoms in total. The van der Waals surface area contributed by atoms with E-state index >= 15 is 0 Å². The molecule has 0 saturated carbocycles. The van der Waals surface area contributed by atoms with E-state index in [1.807, 2.05) is 0 Å². The summed E-state index contributed by atoms with van der Waals surface area (Å²) in [7, 11) is -0.198. The molecule has 2 rings (SSSR count). The van der Waals surface area contributed by atoms with E-state index in [4.69, 9.17) is 0 Å². The largest absolute Gasteiger partial charge is 0.0622 e. The van der Waals surface area contributed by atoms with Crippen molar-refractivity contribution in [3.8, 4) is 0 Å². The maximum atomic E-state index is 2.33. The summed E-state index contributed by atoms with van der Waals surface area (Å²) in [5.74, 6) is 0. The zero-order valence-corrected chi connectivity index (χ0v) is 12.6. The molecule has 0 saturated heterocycles. The summed E-state index contributed by atoms with van der Waals surface area (Å²) in [4.78, 5) is 0. The van der Waals surface area contributed by atoms with E-state index in [9.17, 15) is 0 Å². The van der Waals surface area contributed by atoms with E-state index in [1.54, 1.807) is 5.30 Å². The second-order valence-corrected chi connectivity index (χ2v) is 7.22. The van der Waals surface area contributed by atoms with Gasteiger partial charge in [-0.05, 0) is 62.2 Å². The molecule has 1 unspecified atom stereocenters. The van der Waals surface area contributed by atoms with Gasteiger partial charge in [0.2, 0.25) is 0 Å². The van der Waals surface area contributed by atoms with Gasteiger partial charge in [0.05, 0.1) is 0 Å². The van der Waals surface area contributed by atoms with Gasteiger partial charge in [0.15, 0.2) is 0 Å². The molecule has 0 aromatic heterocycles. The fourth-order valence-corrected chi connectivity index (χ4v) is 4.68. The molecule has 0 amide bonds. The van der Waals surface area contributed by atoms with Crippen LogP contribution in [0, 0.1) is 20.8 Å². The van der Waals surface area contributed by atoms with E-state index < -0.39 is 0 Å². The Bertz CT molecular complexity index is 529. The quantitative estimate of drug-likeness (QED) is 0.726. The summed E-state index contributed by atoms with van der Waals surface area (Å²) in [6.07, 6.45) is 1.21. The molecule has 2 aromatic carbocycles. The molecule has 1 atom stereocenters. The molecule has 0 aliphatic carbocycles. The summed E-state index contributed by atoms with van der Waals surface area (Å²) in [6, 6.07) is 15.5. The van der Waals surface area contributed by atoms with Gasteiger partial charge in [-0.1, -0.05) is 49.4 Å². The number of aryl methyl sites for hydroxylation is 1. The molecular weight excluding hydrogens is 235 g/mol. The van der Waals surface area contributed by atoms with Crippen LogP contribution in [0.25, 0.3) is 0 Å². The molecule has 0 radical (unpaired) electrons. The smallest absolute Gasteiger partial charge is 0.0163 e. The Morgan fingerprint density at radius 2 is 1.50 bits per heavy atom. The van der Waals surface area contributed by atoms with Crippen LogP contribution in [0.2, 0.25) is 0 Å². The number of hydrogen-bond acceptors (Lipinski definition) is 0. The Balaban J connectivity index is 2.50. The highest BCUT2D eigenvalue weighted by atomic mass is 31.1. The Hall–Kier alpha value is -1.13. The van der Waals surface area contributed by atoms with Crippen LogP contribution < -0.4 is 10.6 Å². The average molecular weight is 256 g/mol. The predicted molar refractivity (Wildman–Crippen MR) is 83.8 cm³/mol. The summed E-state index contributed by atoms with van der Waals surface area (Å²) < 4.78 is 0. The van der Waals surface area contributed by atoms with Crippen LogP contribution in [0.15, 0.2) is 42.5 Å². The van der Waals surface area contributed by atoms with Crippen molar-refractivity contribution in [1.29, 1.82) is 0 Å². The highest BCUT2D eigenvalue weighted by Gasteiger charge is 2.14. The Labute approximate surface area is 112 Å². The van der Waals surface area contributed by atoms with Crippen molar-refractivity contribution in [3.05, 3.63) is 59.2 Å². The third-order valence-corrected chi connectivity index (χ3v) is 6.32. The van der Waals surface area contributed by atoms with Crippen molar-refractivity contribution >= 4 is 18.5 Å². The van der Waals surface area contributed by atoms with E-state index in [0.717, 1.165) is 0 Å². The van der Waals surface area contributed by atoms with Gasteiger partial charge in [-0.25, -0.2) is 0 Å². The van der Waals surface area contributed by atoms with Crippen LogP contribution in [-0.4, -0.2) is 6.16 Å².